The first kappa shape index (κ1) is 11.7. The highest BCUT2D eigenvalue weighted by Gasteiger charge is 2.29. The molecule has 1 heterocycles. The monoisotopic (exact) mass is 241 g/mol. The first-order valence-corrected chi connectivity index (χ1v) is 5.01. The maximum atomic E-state index is 12.1. The van der Waals surface area contributed by atoms with Gasteiger partial charge in [-0.25, -0.2) is 4.98 Å². The summed E-state index contributed by atoms with van der Waals surface area (Å²) >= 11 is 0. The molecule has 2 aromatic rings. The minimum Gasteiger partial charge on any atom is -0.468 e. The minimum atomic E-state index is -4.35. The SMILES string of the molecule is Cc1cccc2ccnc(OCC(F)(F)F)c12. The van der Waals surface area contributed by atoms with Crippen molar-refractivity contribution in [1.82, 2.24) is 4.98 Å². The van der Waals surface area contributed by atoms with E-state index in [-0.39, 0.29) is 5.88 Å². The van der Waals surface area contributed by atoms with Crippen LogP contribution in [0.25, 0.3) is 10.8 Å². The van der Waals surface area contributed by atoms with E-state index in [1.807, 2.05) is 25.1 Å². The second-order valence-corrected chi connectivity index (χ2v) is 3.69. The van der Waals surface area contributed by atoms with Crippen molar-refractivity contribution < 1.29 is 17.9 Å². The van der Waals surface area contributed by atoms with E-state index < -0.39 is 12.8 Å². The highest BCUT2D eigenvalue weighted by atomic mass is 19.4. The number of aryl methyl sites for hydroxylation is 1. The molecule has 17 heavy (non-hydrogen) atoms. The zero-order valence-electron chi connectivity index (χ0n) is 9.08. The van der Waals surface area contributed by atoms with E-state index in [0.717, 1.165) is 10.9 Å². The van der Waals surface area contributed by atoms with Crippen molar-refractivity contribution in [3.8, 4) is 5.88 Å². The predicted molar refractivity (Wildman–Crippen MR) is 58.0 cm³/mol. The molecular weight excluding hydrogens is 231 g/mol. The van der Waals surface area contributed by atoms with Crippen molar-refractivity contribution in [2.75, 3.05) is 6.61 Å². The molecule has 0 radical (unpaired) electrons. The van der Waals surface area contributed by atoms with E-state index >= 15 is 0 Å². The molecule has 2 nitrogen and oxygen atoms in total. The summed E-state index contributed by atoms with van der Waals surface area (Å²) in [6.07, 6.45) is -2.92. The number of ether oxygens (including phenoxy) is 1. The number of pyridine rings is 1. The summed E-state index contributed by atoms with van der Waals surface area (Å²) < 4.78 is 41.0. The summed E-state index contributed by atoms with van der Waals surface area (Å²) in [7, 11) is 0. The summed E-state index contributed by atoms with van der Waals surface area (Å²) in [5, 5.41) is 1.44. The van der Waals surface area contributed by atoms with Gasteiger partial charge in [-0.1, -0.05) is 18.2 Å². The normalized spacial score (nSPS) is 11.8. The molecule has 0 saturated carbocycles. The molecule has 5 heteroatoms. The van der Waals surface area contributed by atoms with Gasteiger partial charge in [0, 0.05) is 11.6 Å². The van der Waals surface area contributed by atoms with Gasteiger partial charge in [0.1, 0.15) is 0 Å². The number of benzene rings is 1. The summed E-state index contributed by atoms with van der Waals surface area (Å²) in [5.74, 6) is 0.0259. The van der Waals surface area contributed by atoms with Crippen molar-refractivity contribution in [2.24, 2.45) is 0 Å². The van der Waals surface area contributed by atoms with E-state index in [1.54, 1.807) is 6.07 Å². The lowest BCUT2D eigenvalue weighted by molar-refractivity contribution is -0.153. The van der Waals surface area contributed by atoms with Crippen LogP contribution in [0.5, 0.6) is 5.88 Å². The van der Waals surface area contributed by atoms with Gasteiger partial charge in [-0.15, -0.1) is 0 Å². The quantitative estimate of drug-likeness (QED) is 0.803. The van der Waals surface area contributed by atoms with E-state index in [4.69, 9.17) is 4.74 Å². The zero-order chi connectivity index (χ0) is 12.5. The Bertz CT molecular complexity index is 532. The topological polar surface area (TPSA) is 22.1 Å². The Morgan fingerprint density at radius 2 is 2.00 bits per heavy atom. The van der Waals surface area contributed by atoms with Crippen LogP contribution in [-0.2, 0) is 0 Å². The number of rotatable bonds is 2. The number of nitrogens with zero attached hydrogens (tertiary/aromatic N) is 1. The van der Waals surface area contributed by atoms with Crippen LogP contribution < -0.4 is 4.74 Å². The summed E-state index contributed by atoms with van der Waals surface area (Å²) in [6, 6.07) is 7.20. The van der Waals surface area contributed by atoms with Gasteiger partial charge >= 0.3 is 6.18 Å². The second-order valence-electron chi connectivity index (χ2n) is 3.69. The Kier molecular flexibility index (Phi) is 2.92. The lowest BCUT2D eigenvalue weighted by Crippen LogP contribution is -2.19. The Balaban J connectivity index is 2.40. The molecule has 0 amide bonds. The maximum Gasteiger partial charge on any atom is 0.422 e. The highest BCUT2D eigenvalue weighted by molar-refractivity contribution is 5.89. The molecule has 0 saturated heterocycles. The molecule has 0 spiro atoms. The van der Waals surface area contributed by atoms with Gasteiger partial charge in [-0.3, -0.25) is 0 Å². The molecule has 2 rings (SSSR count). The maximum absolute atomic E-state index is 12.1. The van der Waals surface area contributed by atoms with Crippen molar-refractivity contribution in [3.05, 3.63) is 36.0 Å². The summed E-state index contributed by atoms with van der Waals surface area (Å²) in [6.45, 7) is 0.484. The third-order valence-electron chi connectivity index (χ3n) is 2.34. The molecule has 0 aliphatic rings. The Morgan fingerprint density at radius 1 is 1.24 bits per heavy atom. The largest absolute Gasteiger partial charge is 0.468 e. The van der Waals surface area contributed by atoms with Gasteiger partial charge in [-0.2, -0.15) is 13.2 Å². The third kappa shape index (κ3) is 2.67. The standard InChI is InChI=1S/C12H10F3NO/c1-8-3-2-4-9-5-6-16-11(10(8)9)17-7-12(13,14)15/h2-6H,7H2,1H3. The molecule has 1 aromatic heterocycles. The Hall–Kier alpha value is -1.78. The van der Waals surface area contributed by atoms with Crippen molar-refractivity contribution in [3.63, 3.8) is 0 Å². The smallest absolute Gasteiger partial charge is 0.422 e. The van der Waals surface area contributed by atoms with Crippen molar-refractivity contribution in [2.45, 2.75) is 13.1 Å². The average molecular weight is 241 g/mol. The van der Waals surface area contributed by atoms with Crippen LogP contribution in [0.3, 0.4) is 0 Å². The summed E-state index contributed by atoms with van der Waals surface area (Å²) in [4.78, 5) is 3.85. The molecule has 1 aromatic carbocycles. The second kappa shape index (κ2) is 4.24. The Morgan fingerprint density at radius 3 is 2.71 bits per heavy atom. The number of aromatic nitrogens is 1. The van der Waals surface area contributed by atoms with E-state index in [9.17, 15) is 13.2 Å². The molecule has 0 aliphatic carbocycles. The fourth-order valence-corrected chi connectivity index (χ4v) is 1.63. The first-order valence-electron chi connectivity index (χ1n) is 5.01. The third-order valence-corrected chi connectivity index (χ3v) is 2.34. The van der Waals surface area contributed by atoms with Crippen LogP contribution in [-0.4, -0.2) is 17.8 Å². The van der Waals surface area contributed by atoms with Crippen LogP contribution in [0.4, 0.5) is 13.2 Å². The number of alkyl halides is 3. The lowest BCUT2D eigenvalue weighted by Gasteiger charge is -2.11. The summed E-state index contributed by atoms with van der Waals surface area (Å²) in [5.41, 5.74) is 0.841. The molecule has 0 fully saturated rings. The average Bonchev–Trinajstić information content (AvgIpc) is 2.25. The molecule has 0 bridgehead atoms. The van der Waals surface area contributed by atoms with E-state index in [2.05, 4.69) is 4.98 Å². The molecule has 0 unspecified atom stereocenters. The van der Waals surface area contributed by atoms with E-state index in [1.165, 1.54) is 6.20 Å². The van der Waals surface area contributed by atoms with Gasteiger partial charge in [-0.05, 0) is 23.9 Å². The lowest BCUT2D eigenvalue weighted by atomic mass is 10.1. The number of fused-ring (bicyclic) bond motifs is 1. The Labute approximate surface area is 96.0 Å². The van der Waals surface area contributed by atoms with Crippen LogP contribution in [0.2, 0.25) is 0 Å². The van der Waals surface area contributed by atoms with Crippen molar-refractivity contribution >= 4 is 10.8 Å². The van der Waals surface area contributed by atoms with E-state index in [0.29, 0.717) is 5.39 Å². The van der Waals surface area contributed by atoms with Crippen LogP contribution in [0.15, 0.2) is 30.5 Å². The fraction of sp³-hybridized carbons (Fsp3) is 0.250. The van der Waals surface area contributed by atoms with Gasteiger partial charge in [0.25, 0.3) is 0 Å². The van der Waals surface area contributed by atoms with Crippen molar-refractivity contribution in [1.29, 1.82) is 0 Å². The van der Waals surface area contributed by atoms with Gasteiger partial charge in [0.05, 0.1) is 0 Å². The number of hydrogen-bond acceptors (Lipinski definition) is 2. The number of halogens is 3. The van der Waals surface area contributed by atoms with Crippen LogP contribution in [0, 0.1) is 6.92 Å². The number of hydrogen-bond donors (Lipinski definition) is 0. The van der Waals surface area contributed by atoms with Crippen LogP contribution >= 0.6 is 0 Å². The molecule has 0 aliphatic heterocycles. The van der Waals surface area contributed by atoms with Gasteiger partial charge in [0.2, 0.25) is 5.88 Å². The van der Waals surface area contributed by atoms with Crippen LogP contribution in [0.1, 0.15) is 5.56 Å². The molecule has 0 N–H and O–H groups in total. The molecule has 0 atom stereocenters. The first-order chi connectivity index (χ1) is 7.97. The van der Waals surface area contributed by atoms with Gasteiger partial charge in [0.15, 0.2) is 6.61 Å². The molecule has 90 valence electrons. The highest BCUT2D eigenvalue weighted by Crippen LogP contribution is 2.27. The predicted octanol–water partition coefficient (Wildman–Crippen LogP) is 3.48. The fourth-order valence-electron chi connectivity index (χ4n) is 1.63. The molecular formula is C12H10F3NO. The van der Waals surface area contributed by atoms with Gasteiger partial charge < -0.3 is 4.74 Å². The minimum absolute atomic E-state index is 0.0259. The zero-order valence-corrected chi connectivity index (χ0v) is 9.08.